The van der Waals surface area contributed by atoms with E-state index in [4.69, 9.17) is 5.73 Å². The number of aryl methyl sites for hydroxylation is 2. The van der Waals surface area contributed by atoms with Gasteiger partial charge in [-0.3, -0.25) is 0 Å². The number of benzene rings is 1. The molecule has 3 N–H and O–H groups in total. The summed E-state index contributed by atoms with van der Waals surface area (Å²) in [5.41, 5.74) is 7.58. The lowest BCUT2D eigenvalue weighted by Crippen LogP contribution is -2.29. The van der Waals surface area contributed by atoms with Crippen LogP contribution in [0.4, 0.5) is 5.82 Å². The van der Waals surface area contributed by atoms with Crippen LogP contribution in [0.2, 0.25) is 0 Å². The largest absolute Gasteiger partial charge is 0.381 e. The maximum Gasteiger partial charge on any atom is 0.260 e. The number of hydrogen-bond acceptors (Lipinski definition) is 4. The number of sulfonamides is 1. The summed E-state index contributed by atoms with van der Waals surface area (Å²) in [6.45, 7) is 3.74. The van der Waals surface area contributed by atoms with Crippen LogP contribution >= 0.6 is 0 Å². The first kappa shape index (κ1) is 14.5. The Morgan fingerprint density at radius 3 is 2.55 bits per heavy atom. The Labute approximate surface area is 118 Å². The van der Waals surface area contributed by atoms with Gasteiger partial charge in [0.25, 0.3) is 10.0 Å². The number of anilines is 1. The zero-order chi connectivity index (χ0) is 14.9. The third-order valence-corrected chi connectivity index (χ3v) is 4.82. The monoisotopic (exact) mass is 294 g/mol. The molecule has 6 nitrogen and oxygen atoms in total. The molecule has 0 aliphatic rings. The molecular formula is C13H18N4O2S. The van der Waals surface area contributed by atoms with Crippen molar-refractivity contribution in [3.8, 4) is 0 Å². The summed E-state index contributed by atoms with van der Waals surface area (Å²) in [6.07, 6.45) is 1.38. The first-order valence-electron chi connectivity index (χ1n) is 6.17. The van der Waals surface area contributed by atoms with Crippen LogP contribution in [0.1, 0.15) is 24.1 Å². The highest BCUT2D eigenvalue weighted by atomic mass is 32.2. The number of hydrogen-bond donors (Lipinski definition) is 2. The van der Waals surface area contributed by atoms with Gasteiger partial charge in [0.15, 0.2) is 10.8 Å². The van der Waals surface area contributed by atoms with Crippen molar-refractivity contribution in [2.75, 3.05) is 5.73 Å². The molecular weight excluding hydrogens is 276 g/mol. The fraction of sp³-hybridized carbons (Fsp3) is 0.308. The van der Waals surface area contributed by atoms with E-state index in [-0.39, 0.29) is 16.9 Å². The number of nitrogen functional groups attached to an aromatic ring is 1. The van der Waals surface area contributed by atoms with Crippen molar-refractivity contribution in [2.45, 2.75) is 24.9 Å². The lowest BCUT2D eigenvalue weighted by molar-refractivity contribution is 0.557. The summed E-state index contributed by atoms with van der Waals surface area (Å²) in [5.74, 6) is -0.00279. The van der Waals surface area contributed by atoms with Crippen LogP contribution in [-0.4, -0.2) is 18.0 Å². The Kier molecular flexibility index (Phi) is 3.82. The Morgan fingerprint density at radius 1 is 1.35 bits per heavy atom. The molecule has 1 unspecified atom stereocenters. The van der Waals surface area contributed by atoms with Gasteiger partial charge in [0.1, 0.15) is 0 Å². The van der Waals surface area contributed by atoms with Gasteiger partial charge in [-0.2, -0.15) is 0 Å². The molecule has 1 heterocycles. The Hall–Kier alpha value is -1.86. The zero-order valence-electron chi connectivity index (χ0n) is 11.7. The lowest BCUT2D eigenvalue weighted by atomic mass is 10.0. The number of nitrogens with one attached hydrogen (secondary N) is 1. The predicted octanol–water partition coefficient (Wildman–Crippen LogP) is 1.35. The van der Waals surface area contributed by atoms with Gasteiger partial charge >= 0.3 is 0 Å². The van der Waals surface area contributed by atoms with Crippen LogP contribution in [0.15, 0.2) is 35.6 Å². The van der Waals surface area contributed by atoms with Crippen molar-refractivity contribution < 1.29 is 8.42 Å². The Balaban J connectivity index is 2.32. The molecule has 0 saturated carbocycles. The number of aromatic nitrogens is 2. The molecule has 2 rings (SSSR count). The second-order valence-corrected chi connectivity index (χ2v) is 6.37. The minimum atomic E-state index is -3.72. The van der Waals surface area contributed by atoms with Gasteiger partial charge in [0, 0.05) is 13.1 Å². The number of imidazole rings is 1. The van der Waals surface area contributed by atoms with Gasteiger partial charge in [-0.1, -0.05) is 24.3 Å². The van der Waals surface area contributed by atoms with E-state index in [0.29, 0.717) is 0 Å². The van der Waals surface area contributed by atoms with Crippen LogP contribution in [-0.2, 0) is 17.1 Å². The average Bonchev–Trinajstić information content (AvgIpc) is 2.69. The van der Waals surface area contributed by atoms with Crippen molar-refractivity contribution in [1.82, 2.24) is 14.3 Å². The lowest BCUT2D eigenvalue weighted by Gasteiger charge is -2.17. The second-order valence-electron chi connectivity index (χ2n) is 4.75. The molecule has 0 fully saturated rings. The maximum atomic E-state index is 12.4. The third kappa shape index (κ3) is 2.68. The van der Waals surface area contributed by atoms with E-state index in [1.54, 1.807) is 14.0 Å². The molecule has 0 amide bonds. The van der Waals surface area contributed by atoms with E-state index >= 15 is 0 Å². The van der Waals surface area contributed by atoms with Gasteiger partial charge in [-0.25, -0.2) is 18.1 Å². The Bertz CT molecular complexity index is 702. The van der Waals surface area contributed by atoms with Crippen LogP contribution in [0.25, 0.3) is 0 Å². The summed E-state index contributed by atoms with van der Waals surface area (Å²) in [7, 11) is -2.12. The quantitative estimate of drug-likeness (QED) is 0.890. The molecule has 0 aliphatic heterocycles. The van der Waals surface area contributed by atoms with E-state index in [2.05, 4.69) is 9.71 Å². The summed E-state index contributed by atoms with van der Waals surface area (Å²) < 4.78 is 28.8. The minimum absolute atomic E-state index is 0.00279. The van der Waals surface area contributed by atoms with Crippen molar-refractivity contribution in [1.29, 1.82) is 0 Å². The van der Waals surface area contributed by atoms with Gasteiger partial charge in [-0.15, -0.1) is 0 Å². The van der Waals surface area contributed by atoms with Crippen LogP contribution in [0.3, 0.4) is 0 Å². The van der Waals surface area contributed by atoms with E-state index in [0.717, 1.165) is 11.1 Å². The van der Waals surface area contributed by atoms with E-state index in [1.165, 1.54) is 10.9 Å². The molecule has 108 valence electrons. The van der Waals surface area contributed by atoms with E-state index in [9.17, 15) is 8.42 Å². The highest BCUT2D eigenvalue weighted by Crippen LogP contribution is 2.21. The molecule has 2 aromatic rings. The zero-order valence-corrected chi connectivity index (χ0v) is 12.5. The smallest absolute Gasteiger partial charge is 0.260 e. The van der Waals surface area contributed by atoms with Crippen LogP contribution < -0.4 is 10.5 Å². The van der Waals surface area contributed by atoms with Crippen molar-refractivity contribution in [3.05, 3.63) is 41.7 Å². The molecule has 0 spiro atoms. The standard InChI is InChI=1S/C13H18N4O2S/c1-9-6-4-5-7-11(9)10(2)16-20(18,19)13-12(14)15-8-17(13)3/h4-8,10,16H,14H2,1-3H3. The highest BCUT2D eigenvalue weighted by molar-refractivity contribution is 7.89. The fourth-order valence-corrected chi connectivity index (χ4v) is 3.65. The minimum Gasteiger partial charge on any atom is -0.381 e. The van der Waals surface area contributed by atoms with Crippen molar-refractivity contribution >= 4 is 15.8 Å². The SMILES string of the molecule is Cc1ccccc1C(C)NS(=O)(=O)c1c(N)ncn1C. The fourth-order valence-electron chi connectivity index (χ4n) is 2.19. The molecule has 1 atom stereocenters. The highest BCUT2D eigenvalue weighted by Gasteiger charge is 2.25. The summed E-state index contributed by atoms with van der Waals surface area (Å²) in [4.78, 5) is 3.80. The maximum absolute atomic E-state index is 12.4. The number of rotatable bonds is 4. The number of nitrogens with zero attached hydrogens (tertiary/aromatic N) is 2. The molecule has 1 aromatic heterocycles. The van der Waals surface area contributed by atoms with Gasteiger partial charge < -0.3 is 10.3 Å². The first-order chi connectivity index (χ1) is 9.33. The van der Waals surface area contributed by atoms with Crippen LogP contribution in [0, 0.1) is 6.92 Å². The van der Waals surface area contributed by atoms with Crippen molar-refractivity contribution in [2.24, 2.45) is 7.05 Å². The summed E-state index contributed by atoms with van der Waals surface area (Å²) in [5, 5.41) is -0.0158. The van der Waals surface area contributed by atoms with E-state index in [1.807, 2.05) is 31.2 Å². The first-order valence-corrected chi connectivity index (χ1v) is 7.66. The van der Waals surface area contributed by atoms with E-state index < -0.39 is 10.0 Å². The molecule has 1 aromatic carbocycles. The normalized spacial score (nSPS) is 13.3. The predicted molar refractivity (Wildman–Crippen MR) is 77.5 cm³/mol. The molecule has 0 bridgehead atoms. The average molecular weight is 294 g/mol. The molecule has 7 heteroatoms. The molecule has 20 heavy (non-hydrogen) atoms. The van der Waals surface area contributed by atoms with Crippen molar-refractivity contribution in [3.63, 3.8) is 0 Å². The molecule has 0 radical (unpaired) electrons. The van der Waals surface area contributed by atoms with Gasteiger partial charge in [0.2, 0.25) is 0 Å². The number of nitrogens with two attached hydrogens (primary N) is 1. The topological polar surface area (TPSA) is 90.0 Å². The Morgan fingerprint density at radius 2 is 2.00 bits per heavy atom. The van der Waals surface area contributed by atoms with Gasteiger partial charge in [-0.05, 0) is 25.0 Å². The molecule has 0 aliphatic carbocycles. The van der Waals surface area contributed by atoms with Gasteiger partial charge in [0.05, 0.1) is 6.33 Å². The third-order valence-electron chi connectivity index (χ3n) is 3.15. The van der Waals surface area contributed by atoms with Crippen LogP contribution in [0.5, 0.6) is 0 Å². The molecule has 0 saturated heterocycles. The summed E-state index contributed by atoms with van der Waals surface area (Å²) in [6, 6.07) is 7.29. The summed E-state index contributed by atoms with van der Waals surface area (Å²) >= 11 is 0. The second kappa shape index (κ2) is 5.26.